The summed E-state index contributed by atoms with van der Waals surface area (Å²) in [5.74, 6) is 0. The van der Waals surface area contributed by atoms with Crippen LogP contribution in [0.3, 0.4) is 0 Å². The van der Waals surface area contributed by atoms with E-state index in [1.54, 1.807) is 0 Å². The Hall–Kier alpha value is -11.7. The average molecular weight is 1250 g/mol. The number of fused-ring (bicyclic) bond motifs is 9. The van der Waals surface area contributed by atoms with Crippen LogP contribution in [0.25, 0.3) is 116 Å². The van der Waals surface area contributed by atoms with Gasteiger partial charge >= 0.3 is 0 Å². The molecular formula is C94H72BN3. The Bertz CT molecular complexity index is 5590. The van der Waals surface area contributed by atoms with Crippen molar-refractivity contribution in [1.82, 2.24) is 4.57 Å². The summed E-state index contributed by atoms with van der Waals surface area (Å²) in [5.41, 5.74) is 29.9. The van der Waals surface area contributed by atoms with Crippen LogP contribution in [0.2, 0.25) is 0 Å². The maximum absolute atomic E-state index is 2.73. The van der Waals surface area contributed by atoms with E-state index in [0.29, 0.717) is 0 Å². The van der Waals surface area contributed by atoms with Crippen LogP contribution in [0.1, 0.15) is 52.7 Å². The van der Waals surface area contributed by atoms with Gasteiger partial charge in [-0.1, -0.05) is 302 Å². The van der Waals surface area contributed by atoms with Gasteiger partial charge in [-0.3, -0.25) is 0 Å². The summed E-state index contributed by atoms with van der Waals surface area (Å²) >= 11 is 0. The van der Waals surface area contributed by atoms with E-state index in [0.717, 1.165) is 112 Å². The zero-order chi connectivity index (χ0) is 66.0. The second kappa shape index (κ2) is 23.0. The van der Waals surface area contributed by atoms with Gasteiger partial charge in [0.1, 0.15) is 0 Å². The summed E-state index contributed by atoms with van der Waals surface area (Å²) in [7, 11) is 0. The van der Waals surface area contributed by atoms with Crippen molar-refractivity contribution in [1.29, 1.82) is 0 Å². The van der Waals surface area contributed by atoms with Gasteiger partial charge in [-0.25, -0.2) is 0 Å². The molecule has 0 fully saturated rings. The monoisotopic (exact) mass is 1250 g/mol. The maximum Gasteiger partial charge on any atom is 0.252 e. The molecule has 0 N–H and O–H groups in total. The van der Waals surface area contributed by atoms with Gasteiger partial charge in [0, 0.05) is 55.8 Å². The van der Waals surface area contributed by atoms with Gasteiger partial charge in [0.25, 0.3) is 6.71 Å². The van der Waals surface area contributed by atoms with Crippen LogP contribution in [-0.2, 0) is 10.8 Å². The first kappa shape index (κ1) is 58.8. The standard InChI is InChI=1S/C94H72BN3/c1-93(2,3)70-55-77(62-32-14-8-15-33-62)91(78(56-70)63-34-16-9-17-35-63)97-85-53-66(61-30-12-7-13-31-61)48-50-81(85)95-82-51-49-69(89-73-42-24-22-40-67(73)52-68-41-23-25-43-74(68)89)54-86(82)98(88-60-72(59-87(97)90(88)95)96-83-46-28-26-44-75(83)76-45-27-29-47-84(76)96)92-79(64-36-18-10-19-37-64)57-71(94(4,5)6)58-80(92)65-38-20-11-21-39-65/h7-60H,1-6H3. The van der Waals surface area contributed by atoms with Crippen molar-refractivity contribution >= 4 is 101 Å². The van der Waals surface area contributed by atoms with Gasteiger partial charge in [-0.05, 0) is 171 Å². The second-order valence-corrected chi connectivity index (χ2v) is 28.8. The third kappa shape index (κ3) is 9.64. The lowest BCUT2D eigenvalue weighted by molar-refractivity contribution is 0.590. The molecule has 0 radical (unpaired) electrons. The van der Waals surface area contributed by atoms with Gasteiger partial charge in [-0.15, -0.1) is 0 Å². The van der Waals surface area contributed by atoms with Crippen LogP contribution in [0, 0.1) is 0 Å². The zero-order valence-electron chi connectivity index (χ0n) is 56.1. The fraction of sp³-hybridized carbons (Fsp3) is 0.0851. The molecule has 0 atom stereocenters. The summed E-state index contributed by atoms with van der Waals surface area (Å²) < 4.78 is 2.55. The van der Waals surface area contributed by atoms with E-state index < -0.39 is 0 Å². The smallest absolute Gasteiger partial charge is 0.252 e. The van der Waals surface area contributed by atoms with Gasteiger partial charge in [0.15, 0.2) is 0 Å². The number of benzene rings is 15. The molecule has 0 bridgehead atoms. The Morgan fingerprint density at radius 2 is 0.602 bits per heavy atom. The molecule has 0 amide bonds. The molecule has 0 saturated heterocycles. The predicted octanol–water partition coefficient (Wildman–Crippen LogP) is 23.8. The number of hydrogen-bond acceptors (Lipinski definition) is 2. The minimum Gasteiger partial charge on any atom is -0.310 e. The van der Waals surface area contributed by atoms with E-state index in [4.69, 9.17) is 0 Å². The molecule has 3 heterocycles. The maximum atomic E-state index is 2.73. The molecule has 15 aromatic carbocycles. The third-order valence-electron chi connectivity index (χ3n) is 20.8. The SMILES string of the molecule is CC(C)(C)c1cc(-c2ccccc2)c(N2c3cc(-c4ccccc4)ccc3B3c4ccc(-c5c6ccccc6cc6ccccc56)cc4N(c4c(-c5ccccc5)cc(C(C)(C)C)cc4-c4ccccc4)c4cc(-n5c6ccccc6c6ccccc65)cc2c43)c(-c2ccccc2)c1. The molecule has 2 aliphatic heterocycles. The number of rotatable bonds is 9. The summed E-state index contributed by atoms with van der Waals surface area (Å²) in [6.07, 6.45) is 0. The molecule has 0 aliphatic carbocycles. The van der Waals surface area contributed by atoms with Gasteiger partial charge in [0.2, 0.25) is 0 Å². The molecule has 2 aliphatic rings. The van der Waals surface area contributed by atoms with Crippen molar-refractivity contribution in [3.63, 3.8) is 0 Å². The minimum atomic E-state index is -0.240. The first-order valence-corrected chi connectivity index (χ1v) is 34.5. The van der Waals surface area contributed by atoms with E-state index in [1.165, 1.54) is 65.4 Å². The van der Waals surface area contributed by atoms with E-state index in [-0.39, 0.29) is 17.5 Å². The molecule has 98 heavy (non-hydrogen) atoms. The third-order valence-corrected chi connectivity index (χ3v) is 20.8. The number of hydrogen-bond donors (Lipinski definition) is 0. The normalized spacial score (nSPS) is 12.7. The van der Waals surface area contributed by atoms with Crippen molar-refractivity contribution in [2.75, 3.05) is 9.80 Å². The molecule has 1 aromatic heterocycles. The quantitative estimate of drug-likeness (QED) is 0.105. The highest BCUT2D eigenvalue weighted by molar-refractivity contribution is 7.00. The van der Waals surface area contributed by atoms with E-state index >= 15 is 0 Å². The lowest BCUT2D eigenvalue weighted by Crippen LogP contribution is -2.61. The minimum absolute atomic E-state index is 0.191. The Labute approximate surface area is 574 Å². The van der Waals surface area contributed by atoms with E-state index in [2.05, 4.69) is 383 Å². The van der Waals surface area contributed by atoms with Crippen molar-refractivity contribution in [2.24, 2.45) is 0 Å². The van der Waals surface area contributed by atoms with Crippen LogP contribution < -0.4 is 26.2 Å². The Morgan fingerprint density at radius 1 is 0.265 bits per heavy atom. The number of nitrogens with zero attached hydrogens (tertiary/aromatic N) is 3. The molecule has 3 nitrogen and oxygen atoms in total. The highest BCUT2D eigenvalue weighted by Crippen LogP contribution is 2.56. The van der Waals surface area contributed by atoms with Crippen molar-refractivity contribution in [3.8, 4) is 72.4 Å². The van der Waals surface area contributed by atoms with Crippen LogP contribution in [0.15, 0.2) is 328 Å². The second-order valence-electron chi connectivity index (χ2n) is 28.8. The van der Waals surface area contributed by atoms with Crippen molar-refractivity contribution in [2.45, 2.75) is 52.4 Å². The predicted molar refractivity (Wildman–Crippen MR) is 420 cm³/mol. The molecule has 16 aromatic rings. The van der Waals surface area contributed by atoms with Crippen LogP contribution in [0.5, 0.6) is 0 Å². The Kier molecular flexibility index (Phi) is 13.8. The summed E-state index contributed by atoms with van der Waals surface area (Å²) in [4.78, 5) is 5.45. The fourth-order valence-corrected chi connectivity index (χ4v) is 16.0. The van der Waals surface area contributed by atoms with Crippen molar-refractivity contribution in [3.05, 3.63) is 339 Å². The zero-order valence-corrected chi connectivity index (χ0v) is 56.1. The summed E-state index contributed by atoms with van der Waals surface area (Å²) in [5, 5.41) is 7.30. The first-order chi connectivity index (χ1) is 47.9. The lowest BCUT2D eigenvalue weighted by Gasteiger charge is -2.46. The summed E-state index contributed by atoms with van der Waals surface area (Å²) in [6.45, 7) is 13.9. The highest BCUT2D eigenvalue weighted by Gasteiger charge is 2.46. The molecule has 0 saturated carbocycles. The largest absolute Gasteiger partial charge is 0.310 e. The average Bonchev–Trinajstić information content (AvgIpc) is 1.20. The summed E-state index contributed by atoms with van der Waals surface area (Å²) in [6, 6.07) is 124. The van der Waals surface area contributed by atoms with E-state index in [1.807, 2.05) is 0 Å². The van der Waals surface area contributed by atoms with Gasteiger partial charge in [0.05, 0.1) is 28.1 Å². The fourth-order valence-electron chi connectivity index (χ4n) is 16.0. The number of anilines is 6. The molecule has 18 rings (SSSR count). The van der Waals surface area contributed by atoms with Crippen LogP contribution in [-0.4, -0.2) is 11.3 Å². The number of para-hydroxylation sites is 2. The Balaban J connectivity index is 1.07. The topological polar surface area (TPSA) is 11.4 Å². The molecule has 4 heteroatoms. The van der Waals surface area contributed by atoms with Crippen LogP contribution >= 0.6 is 0 Å². The van der Waals surface area contributed by atoms with Gasteiger partial charge in [-0.2, -0.15) is 0 Å². The first-order valence-electron chi connectivity index (χ1n) is 34.5. The molecule has 0 spiro atoms. The number of aromatic nitrogens is 1. The van der Waals surface area contributed by atoms with E-state index in [9.17, 15) is 0 Å². The van der Waals surface area contributed by atoms with Crippen molar-refractivity contribution < 1.29 is 0 Å². The Morgan fingerprint density at radius 3 is 1.00 bits per heavy atom. The lowest BCUT2D eigenvalue weighted by atomic mass is 9.33. The molecular weight excluding hydrogens is 1180 g/mol. The van der Waals surface area contributed by atoms with Gasteiger partial charge < -0.3 is 14.4 Å². The highest BCUT2D eigenvalue weighted by atomic mass is 15.2. The van der Waals surface area contributed by atoms with Crippen LogP contribution in [0.4, 0.5) is 34.1 Å². The molecule has 466 valence electrons. The molecule has 0 unspecified atom stereocenters.